The van der Waals surface area contributed by atoms with Crippen LogP contribution in [0.15, 0.2) is 29.3 Å². The van der Waals surface area contributed by atoms with Crippen LogP contribution in [0.2, 0.25) is 0 Å². The van der Waals surface area contributed by atoms with E-state index in [1.165, 1.54) is 11.8 Å². The van der Waals surface area contributed by atoms with E-state index in [4.69, 9.17) is 9.84 Å². The molecule has 1 aliphatic rings. The van der Waals surface area contributed by atoms with Crippen LogP contribution in [0.25, 0.3) is 0 Å². The van der Waals surface area contributed by atoms with Gasteiger partial charge in [0.15, 0.2) is 6.04 Å². The summed E-state index contributed by atoms with van der Waals surface area (Å²) in [6.07, 6.45) is -0.533. The van der Waals surface area contributed by atoms with Gasteiger partial charge in [0.2, 0.25) is 0 Å². The molecule has 0 aliphatic carbocycles. The highest BCUT2D eigenvalue weighted by Crippen LogP contribution is 2.25. The highest BCUT2D eigenvalue weighted by molar-refractivity contribution is 8.14. The van der Waals surface area contributed by atoms with Crippen molar-refractivity contribution in [3.63, 3.8) is 0 Å². The van der Waals surface area contributed by atoms with E-state index in [1.807, 2.05) is 6.07 Å². The third kappa shape index (κ3) is 4.49. The van der Waals surface area contributed by atoms with Gasteiger partial charge in [-0.15, -0.1) is 11.8 Å². The number of carboxylic acids is 1. The fourth-order valence-corrected chi connectivity index (χ4v) is 2.84. The Bertz CT molecular complexity index is 622. The van der Waals surface area contributed by atoms with Crippen molar-refractivity contribution in [3.8, 4) is 0 Å². The Kier molecular flexibility index (Phi) is 4.75. The third-order valence-corrected chi connectivity index (χ3v) is 3.79. The molecule has 1 amide bonds. The lowest BCUT2D eigenvalue weighted by Gasteiger charge is -2.19. The molecule has 0 bridgehead atoms. The SMILES string of the molecule is CC(C)(C)OC(=O)Nc1cccc(C2=N[C@H](C(=O)O)CS2)c1. The van der Waals surface area contributed by atoms with E-state index < -0.39 is 23.7 Å². The summed E-state index contributed by atoms with van der Waals surface area (Å²) >= 11 is 1.39. The third-order valence-electron chi connectivity index (χ3n) is 2.69. The minimum Gasteiger partial charge on any atom is -0.480 e. The number of carboxylic acid groups (broad SMARTS) is 1. The van der Waals surface area contributed by atoms with Gasteiger partial charge in [-0.3, -0.25) is 10.3 Å². The van der Waals surface area contributed by atoms with Gasteiger partial charge >= 0.3 is 12.1 Å². The molecule has 0 saturated carbocycles. The van der Waals surface area contributed by atoms with Crippen LogP contribution in [0.1, 0.15) is 26.3 Å². The van der Waals surface area contributed by atoms with E-state index in [0.29, 0.717) is 16.5 Å². The fraction of sp³-hybridized carbons (Fsp3) is 0.400. The minimum atomic E-state index is -0.925. The van der Waals surface area contributed by atoms with Gasteiger partial charge in [0.25, 0.3) is 0 Å². The summed E-state index contributed by atoms with van der Waals surface area (Å²) in [5.41, 5.74) is 0.790. The van der Waals surface area contributed by atoms with Crippen molar-refractivity contribution in [2.24, 2.45) is 4.99 Å². The lowest BCUT2D eigenvalue weighted by molar-refractivity contribution is -0.137. The predicted molar refractivity (Wildman–Crippen MR) is 86.7 cm³/mol. The summed E-state index contributed by atoms with van der Waals surface area (Å²) in [5, 5.41) is 12.3. The molecule has 1 aromatic carbocycles. The maximum absolute atomic E-state index is 11.8. The van der Waals surface area contributed by atoms with Crippen LogP contribution in [0.4, 0.5) is 10.5 Å². The molecule has 1 aromatic rings. The second-order valence-electron chi connectivity index (χ2n) is 5.81. The molecule has 1 aliphatic heterocycles. The van der Waals surface area contributed by atoms with Crippen molar-refractivity contribution in [3.05, 3.63) is 29.8 Å². The molecule has 6 nitrogen and oxygen atoms in total. The molecule has 0 saturated heterocycles. The first-order valence-corrected chi connectivity index (χ1v) is 7.77. The Labute approximate surface area is 133 Å². The van der Waals surface area contributed by atoms with Gasteiger partial charge in [0.1, 0.15) is 5.60 Å². The normalized spacial score (nSPS) is 17.8. The number of hydrogen-bond donors (Lipinski definition) is 2. The monoisotopic (exact) mass is 322 g/mol. The van der Waals surface area contributed by atoms with Crippen molar-refractivity contribution >= 4 is 34.6 Å². The average molecular weight is 322 g/mol. The molecule has 118 valence electrons. The Morgan fingerprint density at radius 3 is 2.73 bits per heavy atom. The first kappa shape index (κ1) is 16.4. The molecule has 0 aromatic heterocycles. The lowest BCUT2D eigenvalue weighted by atomic mass is 10.2. The first-order chi connectivity index (χ1) is 10.2. The van der Waals surface area contributed by atoms with Crippen LogP contribution in [-0.4, -0.2) is 39.6 Å². The van der Waals surface area contributed by atoms with E-state index in [9.17, 15) is 9.59 Å². The van der Waals surface area contributed by atoms with Gasteiger partial charge in [-0.25, -0.2) is 9.59 Å². The molecular weight excluding hydrogens is 304 g/mol. The number of ether oxygens (including phenoxy) is 1. The zero-order valence-corrected chi connectivity index (χ0v) is 13.4. The zero-order chi connectivity index (χ0) is 16.3. The van der Waals surface area contributed by atoms with E-state index >= 15 is 0 Å². The summed E-state index contributed by atoms with van der Waals surface area (Å²) in [5.74, 6) is -0.500. The Morgan fingerprint density at radius 2 is 2.14 bits per heavy atom. The van der Waals surface area contributed by atoms with Gasteiger partial charge in [0.05, 0.1) is 5.04 Å². The molecule has 0 fully saturated rings. The number of nitrogens with zero attached hydrogens (tertiary/aromatic N) is 1. The fourth-order valence-electron chi connectivity index (χ4n) is 1.81. The number of anilines is 1. The molecule has 2 N–H and O–H groups in total. The van der Waals surface area contributed by atoms with E-state index in [-0.39, 0.29) is 0 Å². The molecule has 0 spiro atoms. The quantitative estimate of drug-likeness (QED) is 0.893. The van der Waals surface area contributed by atoms with Gasteiger partial charge in [-0.05, 0) is 32.9 Å². The summed E-state index contributed by atoms with van der Waals surface area (Å²) < 4.78 is 5.19. The standard InChI is InChI=1S/C15H18N2O4S/c1-15(2,3)21-14(20)16-10-6-4-5-9(7-10)12-17-11(8-22-12)13(18)19/h4-7,11H,8H2,1-3H3,(H,16,20)(H,18,19)/t11-/m0/s1. The summed E-state index contributed by atoms with van der Waals surface area (Å²) in [4.78, 5) is 26.9. The molecule has 1 atom stereocenters. The van der Waals surface area contributed by atoms with Crippen LogP contribution < -0.4 is 5.32 Å². The van der Waals surface area contributed by atoms with E-state index in [2.05, 4.69) is 10.3 Å². The van der Waals surface area contributed by atoms with Crippen molar-refractivity contribution in [1.82, 2.24) is 0 Å². The molecule has 2 rings (SSSR count). The van der Waals surface area contributed by atoms with Crippen LogP contribution in [0, 0.1) is 0 Å². The summed E-state index contributed by atoms with van der Waals surface area (Å²) in [7, 11) is 0. The molecular formula is C15H18N2O4S. The smallest absolute Gasteiger partial charge is 0.412 e. The number of carbonyl (C=O) groups is 2. The highest BCUT2D eigenvalue weighted by atomic mass is 32.2. The molecule has 0 radical (unpaired) electrons. The Morgan fingerprint density at radius 1 is 1.41 bits per heavy atom. The Hall–Kier alpha value is -2.02. The first-order valence-electron chi connectivity index (χ1n) is 6.78. The lowest BCUT2D eigenvalue weighted by Crippen LogP contribution is -2.27. The van der Waals surface area contributed by atoms with Gasteiger partial charge in [0, 0.05) is 17.0 Å². The molecule has 0 unspecified atom stereocenters. The number of rotatable bonds is 3. The number of carbonyl (C=O) groups excluding carboxylic acids is 1. The van der Waals surface area contributed by atoms with Crippen LogP contribution in [0.3, 0.4) is 0 Å². The van der Waals surface area contributed by atoms with Crippen molar-refractivity contribution in [2.45, 2.75) is 32.4 Å². The molecule has 22 heavy (non-hydrogen) atoms. The van der Waals surface area contributed by atoms with E-state index in [0.717, 1.165) is 5.56 Å². The maximum atomic E-state index is 11.8. The minimum absolute atomic E-state index is 0.425. The summed E-state index contributed by atoms with van der Waals surface area (Å²) in [6.45, 7) is 5.37. The van der Waals surface area contributed by atoms with Crippen LogP contribution in [-0.2, 0) is 9.53 Å². The predicted octanol–water partition coefficient (Wildman–Crippen LogP) is 2.98. The molecule has 7 heteroatoms. The van der Waals surface area contributed by atoms with Crippen LogP contribution >= 0.6 is 11.8 Å². The zero-order valence-electron chi connectivity index (χ0n) is 12.6. The van der Waals surface area contributed by atoms with Crippen molar-refractivity contribution in [2.75, 3.05) is 11.1 Å². The summed E-state index contributed by atoms with van der Waals surface area (Å²) in [6, 6.07) is 6.39. The number of thioether (sulfide) groups is 1. The average Bonchev–Trinajstić information content (AvgIpc) is 2.86. The number of aliphatic imine (C=N–C) groups is 1. The van der Waals surface area contributed by atoms with Crippen LogP contribution in [0.5, 0.6) is 0 Å². The number of amides is 1. The highest BCUT2D eigenvalue weighted by Gasteiger charge is 2.25. The maximum Gasteiger partial charge on any atom is 0.412 e. The van der Waals surface area contributed by atoms with E-state index in [1.54, 1.807) is 39.0 Å². The number of aliphatic carboxylic acids is 1. The molecule has 1 heterocycles. The Balaban J connectivity index is 2.09. The number of benzene rings is 1. The van der Waals surface area contributed by atoms with Crippen molar-refractivity contribution in [1.29, 1.82) is 0 Å². The van der Waals surface area contributed by atoms with Gasteiger partial charge in [-0.1, -0.05) is 12.1 Å². The second kappa shape index (κ2) is 6.39. The van der Waals surface area contributed by atoms with Crippen molar-refractivity contribution < 1.29 is 19.4 Å². The largest absolute Gasteiger partial charge is 0.480 e. The van der Waals surface area contributed by atoms with Gasteiger partial charge in [-0.2, -0.15) is 0 Å². The number of hydrogen-bond acceptors (Lipinski definition) is 5. The number of nitrogens with one attached hydrogen (secondary N) is 1. The van der Waals surface area contributed by atoms with Gasteiger partial charge < -0.3 is 9.84 Å². The topological polar surface area (TPSA) is 88.0 Å². The second-order valence-corrected chi connectivity index (χ2v) is 6.82.